The van der Waals surface area contributed by atoms with Gasteiger partial charge in [-0.15, -0.1) is 0 Å². The van der Waals surface area contributed by atoms with Crippen LogP contribution in [0.1, 0.15) is 74.7 Å². The second-order valence-electron chi connectivity index (χ2n) is 8.95. The molecule has 0 aromatic heterocycles. The fourth-order valence-electron chi connectivity index (χ4n) is 2.36. The highest BCUT2D eigenvalue weighted by atomic mass is 16.7. The van der Waals surface area contributed by atoms with Crippen LogP contribution in [0.4, 0.5) is 4.79 Å². The number of rotatable bonds is 7. The van der Waals surface area contributed by atoms with Crippen LogP contribution in [0.2, 0.25) is 6.32 Å². The Labute approximate surface area is 175 Å². The standard InChI is InChI=1S/C10H21BO2.C10H17NO5/c1-6-7-8-11-12-9(2,3)10(4,5)13-11;1-10(2,3)16-9(14)11-7(5-6-12)8(13)15-4/h6-8H2,1-5H3;6-7H,5H2,1-4H3,(H,11,14)/t;7-/m.1/s1. The summed E-state index contributed by atoms with van der Waals surface area (Å²) in [6.45, 7) is 15.7. The summed E-state index contributed by atoms with van der Waals surface area (Å²) < 4.78 is 21.1. The first-order chi connectivity index (χ1) is 13.2. The number of carbonyl (C=O) groups excluding carboxylic acids is 3. The van der Waals surface area contributed by atoms with Crippen LogP contribution in [0.3, 0.4) is 0 Å². The lowest BCUT2D eigenvalue weighted by molar-refractivity contribution is -0.143. The van der Waals surface area contributed by atoms with E-state index >= 15 is 0 Å². The molecule has 1 heterocycles. The number of aldehydes is 1. The number of carbonyl (C=O) groups is 3. The fourth-order valence-corrected chi connectivity index (χ4v) is 2.36. The highest BCUT2D eigenvalue weighted by molar-refractivity contribution is 6.45. The van der Waals surface area contributed by atoms with E-state index in [4.69, 9.17) is 14.0 Å². The van der Waals surface area contributed by atoms with Crippen molar-refractivity contribution in [3.63, 3.8) is 0 Å². The van der Waals surface area contributed by atoms with Crippen molar-refractivity contribution in [2.45, 2.75) is 104 Å². The summed E-state index contributed by atoms with van der Waals surface area (Å²) in [4.78, 5) is 32.8. The maximum Gasteiger partial charge on any atom is 0.457 e. The zero-order chi connectivity index (χ0) is 22.9. The molecular weight excluding hydrogens is 377 g/mol. The lowest BCUT2D eigenvalue weighted by Gasteiger charge is -2.32. The first kappa shape index (κ1) is 27.4. The second kappa shape index (κ2) is 11.5. The minimum Gasteiger partial charge on any atom is -0.467 e. The zero-order valence-electron chi connectivity index (χ0n) is 19.4. The predicted molar refractivity (Wildman–Crippen MR) is 112 cm³/mol. The summed E-state index contributed by atoms with van der Waals surface area (Å²) in [5, 5.41) is 2.26. The van der Waals surface area contributed by atoms with Gasteiger partial charge in [-0.25, -0.2) is 9.59 Å². The van der Waals surface area contributed by atoms with Crippen molar-refractivity contribution in [3.05, 3.63) is 0 Å². The van der Waals surface area contributed by atoms with Crippen molar-refractivity contribution < 1.29 is 33.2 Å². The number of unbranched alkanes of at least 4 members (excludes halogenated alkanes) is 1. The smallest absolute Gasteiger partial charge is 0.457 e. The molecular formula is C20H38BNO7. The zero-order valence-corrected chi connectivity index (χ0v) is 19.4. The lowest BCUT2D eigenvalue weighted by atomic mass is 9.82. The van der Waals surface area contributed by atoms with E-state index in [9.17, 15) is 14.4 Å². The summed E-state index contributed by atoms with van der Waals surface area (Å²) in [5.74, 6) is -0.682. The Morgan fingerprint density at radius 1 is 1.14 bits per heavy atom. The van der Waals surface area contributed by atoms with Crippen LogP contribution in [0, 0.1) is 0 Å². The number of alkyl carbamates (subject to hydrolysis) is 1. The summed E-state index contributed by atoms with van der Waals surface area (Å²) >= 11 is 0. The molecule has 168 valence electrons. The maximum absolute atomic E-state index is 11.3. The van der Waals surface area contributed by atoms with Crippen LogP contribution in [0.15, 0.2) is 0 Å². The Bertz CT molecular complexity index is 527. The topological polar surface area (TPSA) is 100 Å². The number of hydrogen-bond donors (Lipinski definition) is 1. The van der Waals surface area contributed by atoms with Crippen molar-refractivity contribution in [3.8, 4) is 0 Å². The molecule has 29 heavy (non-hydrogen) atoms. The van der Waals surface area contributed by atoms with Gasteiger partial charge in [-0.3, -0.25) is 0 Å². The molecule has 1 rings (SSSR count). The Kier molecular flexibility index (Phi) is 10.9. The number of hydrogen-bond acceptors (Lipinski definition) is 7. The molecule has 1 fully saturated rings. The minimum absolute atomic E-state index is 0.00458. The molecule has 0 spiro atoms. The molecule has 0 radical (unpaired) electrons. The van der Waals surface area contributed by atoms with Gasteiger partial charge in [0.25, 0.3) is 0 Å². The van der Waals surface area contributed by atoms with Crippen molar-refractivity contribution in [2.75, 3.05) is 7.11 Å². The number of esters is 1. The minimum atomic E-state index is -1.00. The predicted octanol–water partition coefficient (Wildman–Crippen LogP) is 3.52. The van der Waals surface area contributed by atoms with Crippen LogP contribution in [0.5, 0.6) is 0 Å². The number of nitrogens with one attached hydrogen (secondary N) is 1. The molecule has 0 aromatic carbocycles. The van der Waals surface area contributed by atoms with Gasteiger partial charge >= 0.3 is 19.2 Å². The van der Waals surface area contributed by atoms with Crippen molar-refractivity contribution in [2.24, 2.45) is 0 Å². The summed E-state index contributed by atoms with van der Waals surface area (Å²) in [5.41, 5.74) is -0.983. The van der Waals surface area contributed by atoms with Crippen molar-refractivity contribution in [1.29, 1.82) is 0 Å². The third-order valence-corrected chi connectivity index (χ3v) is 4.60. The van der Waals surface area contributed by atoms with Gasteiger partial charge in [0.15, 0.2) is 0 Å². The Morgan fingerprint density at radius 2 is 1.66 bits per heavy atom. The molecule has 0 saturated carbocycles. The molecule has 1 amide bonds. The first-order valence-electron chi connectivity index (χ1n) is 10.1. The number of methoxy groups -OCH3 is 1. The van der Waals surface area contributed by atoms with Gasteiger partial charge in [0.2, 0.25) is 0 Å². The average molecular weight is 415 g/mol. The van der Waals surface area contributed by atoms with Crippen molar-refractivity contribution >= 4 is 25.5 Å². The van der Waals surface area contributed by atoms with Crippen LogP contribution >= 0.6 is 0 Å². The summed E-state index contributed by atoms with van der Waals surface area (Å²) in [7, 11) is 1.18. The average Bonchev–Trinajstić information content (AvgIpc) is 2.77. The van der Waals surface area contributed by atoms with Crippen LogP contribution in [-0.4, -0.2) is 55.4 Å². The maximum atomic E-state index is 11.3. The van der Waals surface area contributed by atoms with E-state index in [0.717, 1.165) is 6.32 Å². The monoisotopic (exact) mass is 415 g/mol. The largest absolute Gasteiger partial charge is 0.467 e. The van der Waals surface area contributed by atoms with E-state index in [1.807, 2.05) is 0 Å². The lowest BCUT2D eigenvalue weighted by Crippen LogP contribution is -2.44. The van der Waals surface area contributed by atoms with E-state index < -0.39 is 23.7 Å². The number of ether oxygens (including phenoxy) is 2. The molecule has 1 aliphatic rings. The molecule has 0 bridgehead atoms. The Hall–Kier alpha value is -1.61. The van der Waals surface area contributed by atoms with E-state index in [1.165, 1.54) is 20.0 Å². The van der Waals surface area contributed by atoms with Gasteiger partial charge < -0.3 is 28.9 Å². The van der Waals surface area contributed by atoms with Crippen LogP contribution in [0.25, 0.3) is 0 Å². The summed E-state index contributed by atoms with van der Waals surface area (Å²) in [6, 6.07) is -1.00. The molecule has 1 atom stereocenters. The Morgan fingerprint density at radius 3 is 2.03 bits per heavy atom. The van der Waals surface area contributed by atoms with Crippen LogP contribution in [-0.2, 0) is 28.4 Å². The second-order valence-corrected chi connectivity index (χ2v) is 8.95. The molecule has 9 heteroatoms. The highest BCUT2D eigenvalue weighted by Crippen LogP contribution is 2.37. The molecule has 8 nitrogen and oxygen atoms in total. The van der Waals surface area contributed by atoms with E-state index in [0.29, 0.717) is 6.29 Å². The molecule has 0 aromatic rings. The van der Waals surface area contributed by atoms with Gasteiger partial charge in [-0.05, 0) is 54.8 Å². The quantitative estimate of drug-likeness (QED) is 0.386. The van der Waals surface area contributed by atoms with E-state index in [1.54, 1.807) is 20.8 Å². The molecule has 0 aliphatic carbocycles. The van der Waals surface area contributed by atoms with Gasteiger partial charge in [-0.2, -0.15) is 0 Å². The molecule has 0 unspecified atom stereocenters. The molecule has 1 N–H and O–H groups in total. The highest BCUT2D eigenvalue weighted by Gasteiger charge is 2.50. The molecule has 1 aliphatic heterocycles. The van der Waals surface area contributed by atoms with Gasteiger partial charge in [0.05, 0.1) is 18.3 Å². The fraction of sp³-hybridized carbons (Fsp3) is 0.850. The normalized spacial score (nSPS) is 18.2. The first-order valence-corrected chi connectivity index (χ1v) is 10.1. The third kappa shape index (κ3) is 10.1. The van der Waals surface area contributed by atoms with Gasteiger partial charge in [0, 0.05) is 6.42 Å². The number of amides is 1. The Balaban J connectivity index is 0.000000551. The molecule has 1 saturated heterocycles. The summed E-state index contributed by atoms with van der Waals surface area (Å²) in [6.07, 6.45) is 3.01. The van der Waals surface area contributed by atoms with E-state index in [-0.39, 0.29) is 24.7 Å². The van der Waals surface area contributed by atoms with Gasteiger partial charge in [-0.1, -0.05) is 19.8 Å². The van der Waals surface area contributed by atoms with Crippen molar-refractivity contribution in [1.82, 2.24) is 5.32 Å². The van der Waals surface area contributed by atoms with Gasteiger partial charge in [0.1, 0.15) is 17.9 Å². The van der Waals surface area contributed by atoms with E-state index in [2.05, 4.69) is 44.7 Å². The SMILES string of the molecule is CCCCB1OC(C)(C)C(C)(C)O1.COC(=O)[C@@H](CC=O)NC(=O)OC(C)(C)C. The third-order valence-electron chi connectivity index (χ3n) is 4.60. The van der Waals surface area contributed by atoms with Crippen LogP contribution < -0.4 is 5.32 Å².